The molecule has 0 aromatic heterocycles. The first-order chi connectivity index (χ1) is 13.8. The van der Waals surface area contributed by atoms with Crippen LogP contribution in [0.5, 0.6) is 0 Å². The molecule has 0 fully saturated rings. The van der Waals surface area contributed by atoms with Gasteiger partial charge in [-0.15, -0.1) is 11.1 Å². The van der Waals surface area contributed by atoms with Crippen molar-refractivity contribution < 1.29 is 51.0 Å². The second-order valence-electron chi connectivity index (χ2n) is 11.8. The molecule has 0 spiro atoms. The van der Waals surface area contributed by atoms with E-state index in [1.807, 2.05) is 30.3 Å². The van der Waals surface area contributed by atoms with Crippen molar-refractivity contribution in [2.75, 3.05) is 0 Å². The van der Waals surface area contributed by atoms with Crippen molar-refractivity contribution in [2.45, 2.75) is 77.6 Å². The summed E-state index contributed by atoms with van der Waals surface area (Å²) in [6.45, 7) is 21.3. The van der Waals surface area contributed by atoms with Gasteiger partial charge < -0.3 is 24.8 Å². The zero-order chi connectivity index (χ0) is 22.3. The largest absolute Gasteiger partial charge is 4.00 e. The summed E-state index contributed by atoms with van der Waals surface area (Å²) in [5.41, 5.74) is 9.50. The number of halogens is 2. The van der Waals surface area contributed by atoms with Crippen LogP contribution >= 0.6 is 0 Å². The maximum atomic E-state index is 3.86. The second kappa shape index (κ2) is 11.9. The summed E-state index contributed by atoms with van der Waals surface area (Å²) in [6, 6.07) is 25.7. The van der Waals surface area contributed by atoms with Gasteiger partial charge >= 0.3 is 26.2 Å². The molecule has 0 aliphatic heterocycles. The number of benzene rings is 2. The van der Waals surface area contributed by atoms with Crippen LogP contribution in [0.15, 0.2) is 60.7 Å². The van der Waals surface area contributed by atoms with Gasteiger partial charge in [0.2, 0.25) is 0 Å². The quantitative estimate of drug-likeness (QED) is 0.309. The van der Waals surface area contributed by atoms with Crippen LogP contribution < -0.4 is 24.8 Å². The molecule has 176 valence electrons. The maximum absolute atomic E-state index is 3.86. The molecule has 3 aromatic rings. The van der Waals surface area contributed by atoms with Crippen molar-refractivity contribution in [3.8, 4) is 11.1 Å². The zero-order valence-electron chi connectivity index (χ0n) is 21.6. The number of hydrogen-bond acceptors (Lipinski definition) is 0. The Bertz CT molecular complexity index is 923. The Balaban J connectivity index is 0.00000114. The van der Waals surface area contributed by atoms with Crippen LogP contribution in [0, 0.1) is 6.07 Å². The van der Waals surface area contributed by atoms with Crippen molar-refractivity contribution >= 4 is 8.07 Å². The summed E-state index contributed by atoms with van der Waals surface area (Å²) >= 11 is 0. The fraction of sp³-hybridized carbons (Fsp3) is 0.414. The summed E-state index contributed by atoms with van der Waals surface area (Å²) in [5, 5.41) is 0. The van der Waals surface area contributed by atoms with Gasteiger partial charge in [0, 0.05) is 0 Å². The summed E-state index contributed by atoms with van der Waals surface area (Å²) < 4.78 is 0. The molecular weight excluding hydrogens is 539 g/mol. The molecule has 1 aliphatic rings. The van der Waals surface area contributed by atoms with Crippen molar-refractivity contribution in [3.05, 3.63) is 89.0 Å². The second-order valence-corrected chi connectivity index (χ2v) is 17.1. The molecule has 1 unspecified atom stereocenters. The van der Waals surface area contributed by atoms with E-state index in [-0.39, 0.29) is 61.8 Å². The van der Waals surface area contributed by atoms with Crippen molar-refractivity contribution in [1.29, 1.82) is 0 Å². The van der Waals surface area contributed by atoms with Crippen LogP contribution in [0.2, 0.25) is 19.6 Å². The smallest absolute Gasteiger partial charge is 1.00 e. The van der Waals surface area contributed by atoms with Gasteiger partial charge in [0.15, 0.2) is 0 Å². The third-order valence-corrected chi connectivity index (χ3v) is 8.34. The Labute approximate surface area is 235 Å². The van der Waals surface area contributed by atoms with E-state index in [4.69, 9.17) is 0 Å². The van der Waals surface area contributed by atoms with E-state index < -0.39 is 8.07 Å². The van der Waals surface area contributed by atoms with Gasteiger partial charge in [0.05, 0.1) is 8.07 Å². The van der Waals surface area contributed by atoms with Gasteiger partial charge in [-0.3, -0.25) is 0 Å². The number of hydrogen-bond donors (Lipinski definition) is 0. The maximum Gasteiger partial charge on any atom is 4.00 e. The van der Waals surface area contributed by atoms with Crippen molar-refractivity contribution in [1.82, 2.24) is 0 Å². The fourth-order valence-corrected chi connectivity index (χ4v) is 6.57. The van der Waals surface area contributed by atoms with E-state index in [1.165, 1.54) is 27.8 Å². The summed E-state index contributed by atoms with van der Waals surface area (Å²) in [6.07, 6.45) is 0. The molecule has 0 saturated carbocycles. The van der Waals surface area contributed by atoms with Gasteiger partial charge in [-0.25, -0.2) is 12.1 Å². The first-order valence-corrected chi connectivity index (χ1v) is 14.8. The third kappa shape index (κ3) is 7.47. The molecule has 0 heterocycles. The zero-order valence-corrected chi connectivity index (χ0v) is 26.6. The Morgan fingerprint density at radius 2 is 1.33 bits per heavy atom. The first kappa shape index (κ1) is 32.5. The summed E-state index contributed by atoms with van der Waals surface area (Å²) in [7, 11) is -1.42. The molecule has 0 N–H and O–H groups in total. The van der Waals surface area contributed by atoms with Crippen LogP contribution in [0.25, 0.3) is 11.1 Å². The predicted molar refractivity (Wildman–Crippen MR) is 135 cm³/mol. The van der Waals surface area contributed by atoms with E-state index in [0.717, 1.165) is 0 Å². The Kier molecular flexibility index (Phi) is 11.7. The van der Waals surface area contributed by atoms with Crippen LogP contribution in [-0.2, 0) is 37.0 Å². The van der Waals surface area contributed by atoms with E-state index in [9.17, 15) is 0 Å². The van der Waals surface area contributed by atoms with Gasteiger partial charge in [0.1, 0.15) is 0 Å². The molecule has 4 heteroatoms. The van der Waals surface area contributed by atoms with Crippen LogP contribution in [-0.4, -0.2) is 8.07 Å². The molecule has 0 saturated heterocycles. The van der Waals surface area contributed by atoms with Crippen LogP contribution in [0.1, 0.15) is 69.3 Å². The Hall–Kier alpha value is -0.530. The van der Waals surface area contributed by atoms with E-state index in [0.29, 0.717) is 5.54 Å². The van der Waals surface area contributed by atoms with Crippen molar-refractivity contribution in [3.63, 3.8) is 0 Å². The average molecular weight is 577 g/mol. The van der Waals surface area contributed by atoms with E-state index >= 15 is 0 Å². The molecule has 3 aromatic carbocycles. The topological polar surface area (TPSA) is 0 Å². The third-order valence-electron chi connectivity index (χ3n) is 6.01. The molecule has 1 aliphatic carbocycles. The van der Waals surface area contributed by atoms with E-state index in [1.54, 1.807) is 5.56 Å². The molecule has 1 atom stereocenters. The fourth-order valence-electron chi connectivity index (χ4n) is 4.30. The molecule has 33 heavy (non-hydrogen) atoms. The first-order valence-electron chi connectivity index (χ1n) is 11.2. The van der Waals surface area contributed by atoms with Crippen molar-refractivity contribution in [2.24, 2.45) is 0 Å². The van der Waals surface area contributed by atoms with E-state index in [2.05, 4.69) is 97.6 Å². The Morgan fingerprint density at radius 1 is 0.788 bits per heavy atom. The SMILES string of the molecule is CC(C)(C)c1[c-]c2c(cc1)-c1ccc(C(C)(C)C)cc1C2[Si](C)(C)C.[Cl-].[Cl-].[Zr+4].c1cc[cH-]c1. The number of rotatable bonds is 1. The monoisotopic (exact) mass is 574 g/mol. The van der Waals surface area contributed by atoms with Gasteiger partial charge in [-0.2, -0.15) is 42.0 Å². The average Bonchev–Trinajstić information content (AvgIpc) is 3.28. The number of fused-ring (bicyclic) bond motifs is 3. The molecule has 4 rings (SSSR count). The van der Waals surface area contributed by atoms with Crippen LogP contribution in [0.3, 0.4) is 0 Å². The summed E-state index contributed by atoms with van der Waals surface area (Å²) in [5.74, 6) is 0. The molecule has 0 nitrogen and oxygen atoms in total. The van der Waals surface area contributed by atoms with Gasteiger partial charge in [-0.05, 0) is 27.5 Å². The van der Waals surface area contributed by atoms with Gasteiger partial charge in [0.25, 0.3) is 0 Å². The minimum Gasteiger partial charge on any atom is -1.00 e. The molecular formula is C29H38Cl2SiZr. The predicted octanol–water partition coefficient (Wildman–Crippen LogP) is 2.48. The Morgan fingerprint density at radius 3 is 1.76 bits per heavy atom. The minimum atomic E-state index is -1.42. The summed E-state index contributed by atoms with van der Waals surface area (Å²) in [4.78, 5) is 0. The van der Waals surface area contributed by atoms with Crippen LogP contribution in [0.4, 0.5) is 0 Å². The normalized spacial score (nSPS) is 14.4. The van der Waals surface area contributed by atoms with Gasteiger partial charge in [-0.1, -0.05) is 84.9 Å². The minimum absolute atomic E-state index is 0. The molecule has 0 radical (unpaired) electrons. The standard InChI is InChI=1S/C24H33Si.C5H5.2ClH.Zr/c1-23(2,3)16-10-12-18-19-13-11-17(24(4,5)6)15-21(19)22(20(18)14-16)25(7,8)9;1-2-4-5-3-1;;;/h10-14,22H,1-9H3;1-5H;2*1H;/q2*-1;;;+4/p-2. The molecule has 0 amide bonds. The molecule has 0 bridgehead atoms.